The number of hydrogen-bond acceptors (Lipinski definition) is 5. The maximum Gasteiger partial charge on any atom is 0.490 e. The summed E-state index contributed by atoms with van der Waals surface area (Å²) in [5.74, 6) is -5.71. The van der Waals surface area contributed by atoms with E-state index in [1.54, 1.807) is 11.0 Å². The van der Waals surface area contributed by atoms with Gasteiger partial charge in [0.2, 0.25) is 5.91 Å². The van der Waals surface area contributed by atoms with Crippen molar-refractivity contribution in [3.63, 3.8) is 0 Å². The average molecular weight is 553 g/mol. The van der Waals surface area contributed by atoms with Crippen molar-refractivity contribution in [1.82, 2.24) is 9.88 Å². The number of nitrogens with zero attached hydrogens (tertiary/aromatic N) is 3. The number of benzene rings is 1. The maximum atomic E-state index is 13.5. The van der Waals surface area contributed by atoms with Gasteiger partial charge in [0.25, 0.3) is 0 Å². The number of likely N-dealkylation sites (tertiary alicyclic amines) is 1. The minimum atomic E-state index is -5.08. The van der Waals surface area contributed by atoms with Gasteiger partial charge in [0.05, 0.1) is 0 Å². The molecule has 4 rings (SSSR count). The fourth-order valence-corrected chi connectivity index (χ4v) is 3.96. The largest absolute Gasteiger partial charge is 0.490 e. The van der Waals surface area contributed by atoms with Crippen LogP contribution in [0, 0.1) is 11.2 Å². The molecule has 0 radical (unpaired) electrons. The zero-order chi connectivity index (χ0) is 28.7. The number of carboxylic acid groups (broad SMARTS) is 2. The van der Waals surface area contributed by atoms with Crippen LogP contribution in [-0.4, -0.2) is 69.9 Å². The smallest absolute Gasteiger partial charge is 0.475 e. The first-order chi connectivity index (χ1) is 17.5. The fraction of sp³-hybridized carbons (Fsp3) is 0.391. The van der Waals surface area contributed by atoms with Crippen LogP contribution in [-0.2, 0) is 20.9 Å². The molecule has 38 heavy (non-hydrogen) atoms. The van der Waals surface area contributed by atoms with Crippen LogP contribution in [0.15, 0.2) is 48.8 Å². The number of alkyl halides is 6. The van der Waals surface area contributed by atoms with Gasteiger partial charge in [0.1, 0.15) is 5.82 Å². The van der Waals surface area contributed by atoms with Crippen molar-refractivity contribution in [1.29, 1.82) is 0 Å². The van der Waals surface area contributed by atoms with Gasteiger partial charge in [-0.1, -0.05) is 6.07 Å². The Morgan fingerprint density at radius 2 is 1.50 bits per heavy atom. The van der Waals surface area contributed by atoms with E-state index in [2.05, 4.69) is 9.88 Å². The lowest BCUT2D eigenvalue weighted by Crippen LogP contribution is -2.31. The molecule has 15 heteroatoms. The van der Waals surface area contributed by atoms with Crippen molar-refractivity contribution in [2.75, 3.05) is 24.5 Å². The van der Waals surface area contributed by atoms with Crippen molar-refractivity contribution in [3.05, 3.63) is 60.2 Å². The number of rotatable bonds is 3. The minimum absolute atomic E-state index is 0.00354. The number of amides is 1. The number of halogens is 7. The third-order valence-electron chi connectivity index (χ3n) is 5.60. The van der Waals surface area contributed by atoms with E-state index in [0.717, 1.165) is 26.1 Å². The summed E-state index contributed by atoms with van der Waals surface area (Å²) >= 11 is 0. The molecule has 0 aliphatic carbocycles. The standard InChI is InChI=1S/C19H20FN3O.2C2HF3O2/c20-16-2-1-3-17(10-16)23-14-19(11-18(23)24)6-9-22(13-19)12-15-4-7-21-8-5-15;2*3-2(4,5)1(6)7/h1-5,7-8,10H,6,9,11-14H2;2*(H,6,7). The number of carbonyl (C=O) groups is 3. The number of carboxylic acids is 2. The summed E-state index contributed by atoms with van der Waals surface area (Å²) in [6.45, 7) is 3.47. The van der Waals surface area contributed by atoms with E-state index >= 15 is 0 Å². The Morgan fingerprint density at radius 1 is 0.947 bits per heavy atom. The molecule has 2 aromatic rings. The zero-order valence-corrected chi connectivity index (χ0v) is 19.5. The molecule has 1 spiro atoms. The average Bonchev–Trinajstić information content (AvgIpc) is 3.35. The second-order valence-corrected chi connectivity index (χ2v) is 8.56. The van der Waals surface area contributed by atoms with E-state index in [9.17, 15) is 35.5 Å². The van der Waals surface area contributed by atoms with Crippen molar-refractivity contribution >= 4 is 23.5 Å². The summed E-state index contributed by atoms with van der Waals surface area (Å²) in [7, 11) is 0. The van der Waals surface area contributed by atoms with Crippen LogP contribution in [0.25, 0.3) is 0 Å². The van der Waals surface area contributed by atoms with Crippen LogP contribution in [0.2, 0.25) is 0 Å². The first-order valence-corrected chi connectivity index (χ1v) is 10.8. The van der Waals surface area contributed by atoms with Crippen molar-refractivity contribution in [2.24, 2.45) is 5.41 Å². The van der Waals surface area contributed by atoms with Gasteiger partial charge in [0, 0.05) is 49.6 Å². The molecule has 2 aliphatic rings. The molecule has 2 saturated heterocycles. The number of aromatic nitrogens is 1. The third-order valence-corrected chi connectivity index (χ3v) is 5.60. The molecular formula is C23H22F7N3O5. The second-order valence-electron chi connectivity index (χ2n) is 8.56. The Bertz CT molecular complexity index is 1100. The van der Waals surface area contributed by atoms with Crippen LogP contribution >= 0.6 is 0 Å². The van der Waals surface area contributed by atoms with Crippen LogP contribution in [0.5, 0.6) is 0 Å². The predicted octanol–water partition coefficient (Wildman–Crippen LogP) is 4.12. The summed E-state index contributed by atoms with van der Waals surface area (Å²) in [6.07, 6.45) is -4.98. The maximum absolute atomic E-state index is 13.5. The van der Waals surface area contributed by atoms with Gasteiger partial charge < -0.3 is 15.1 Å². The zero-order valence-electron chi connectivity index (χ0n) is 19.5. The summed E-state index contributed by atoms with van der Waals surface area (Å²) < 4.78 is 76.9. The first kappa shape index (κ1) is 30.5. The van der Waals surface area contributed by atoms with Crippen LogP contribution in [0.4, 0.5) is 36.4 Å². The van der Waals surface area contributed by atoms with Crippen LogP contribution < -0.4 is 4.90 Å². The SMILES string of the molecule is O=C(O)C(F)(F)F.O=C(O)C(F)(F)F.O=C1CC2(CCN(Cc3ccncc3)C2)CN1c1cccc(F)c1. The molecule has 1 atom stereocenters. The summed E-state index contributed by atoms with van der Waals surface area (Å²) in [5.41, 5.74) is 1.91. The van der Waals surface area contributed by atoms with Gasteiger partial charge >= 0.3 is 24.3 Å². The number of pyridine rings is 1. The highest BCUT2D eigenvalue weighted by molar-refractivity contribution is 5.96. The van der Waals surface area contributed by atoms with E-state index < -0.39 is 24.3 Å². The Morgan fingerprint density at radius 3 is 2.00 bits per heavy atom. The molecule has 1 amide bonds. The lowest BCUT2D eigenvalue weighted by molar-refractivity contribution is -0.193. The molecular weight excluding hydrogens is 531 g/mol. The number of carbonyl (C=O) groups excluding carboxylic acids is 1. The Balaban J connectivity index is 0.000000301. The van der Waals surface area contributed by atoms with E-state index in [-0.39, 0.29) is 17.1 Å². The molecule has 1 unspecified atom stereocenters. The first-order valence-electron chi connectivity index (χ1n) is 10.8. The van der Waals surface area contributed by atoms with Gasteiger partial charge in [-0.3, -0.25) is 14.7 Å². The normalized spacial score (nSPS) is 19.4. The molecule has 1 aromatic heterocycles. The van der Waals surface area contributed by atoms with E-state index in [0.29, 0.717) is 18.7 Å². The van der Waals surface area contributed by atoms with Gasteiger partial charge in [-0.25, -0.2) is 14.0 Å². The molecule has 1 aromatic carbocycles. The van der Waals surface area contributed by atoms with Crippen molar-refractivity contribution < 1.29 is 55.3 Å². The fourth-order valence-electron chi connectivity index (χ4n) is 3.96. The monoisotopic (exact) mass is 553 g/mol. The highest BCUT2D eigenvalue weighted by Gasteiger charge is 2.47. The van der Waals surface area contributed by atoms with E-state index in [1.165, 1.54) is 17.7 Å². The Labute approximate surface area is 211 Å². The highest BCUT2D eigenvalue weighted by Crippen LogP contribution is 2.42. The van der Waals surface area contributed by atoms with Crippen LogP contribution in [0.3, 0.4) is 0 Å². The Hall–Kier alpha value is -3.75. The van der Waals surface area contributed by atoms with E-state index in [4.69, 9.17) is 19.8 Å². The van der Waals surface area contributed by atoms with Crippen molar-refractivity contribution in [2.45, 2.75) is 31.7 Å². The van der Waals surface area contributed by atoms with Crippen molar-refractivity contribution in [3.8, 4) is 0 Å². The molecule has 3 heterocycles. The van der Waals surface area contributed by atoms with Gasteiger partial charge in [-0.05, 0) is 48.9 Å². The third kappa shape index (κ3) is 8.97. The lowest BCUT2D eigenvalue weighted by Gasteiger charge is -2.24. The molecule has 2 N–H and O–H groups in total. The second kappa shape index (κ2) is 12.2. The predicted molar refractivity (Wildman–Crippen MR) is 117 cm³/mol. The lowest BCUT2D eigenvalue weighted by atomic mass is 9.86. The van der Waals surface area contributed by atoms with E-state index in [1.807, 2.05) is 30.6 Å². The Kier molecular flexibility index (Phi) is 9.78. The summed E-state index contributed by atoms with van der Waals surface area (Å²) in [6, 6.07) is 10.4. The minimum Gasteiger partial charge on any atom is -0.475 e. The topological polar surface area (TPSA) is 111 Å². The quantitative estimate of drug-likeness (QED) is 0.551. The van der Waals surface area contributed by atoms with Gasteiger partial charge in [-0.15, -0.1) is 0 Å². The number of anilines is 1. The molecule has 2 fully saturated rings. The summed E-state index contributed by atoms with van der Waals surface area (Å²) in [5, 5.41) is 14.2. The molecule has 208 valence electrons. The van der Waals surface area contributed by atoms with Gasteiger partial charge in [0.15, 0.2) is 0 Å². The molecule has 8 nitrogen and oxygen atoms in total. The van der Waals surface area contributed by atoms with Gasteiger partial charge in [-0.2, -0.15) is 26.3 Å². The number of aliphatic carboxylic acids is 2. The molecule has 0 saturated carbocycles. The summed E-state index contributed by atoms with van der Waals surface area (Å²) in [4.78, 5) is 38.5. The number of hydrogen-bond donors (Lipinski definition) is 2. The van der Waals surface area contributed by atoms with Crippen LogP contribution in [0.1, 0.15) is 18.4 Å². The highest BCUT2D eigenvalue weighted by atomic mass is 19.4. The molecule has 2 aliphatic heterocycles. The molecule has 0 bridgehead atoms.